The number of aliphatic carboxylic acids is 2. The number of carbonyl (C=O) groups is 2. The Morgan fingerprint density at radius 1 is 0.556 bits per heavy atom. The molecule has 11 nitrogen and oxygen atoms in total. The van der Waals surface area contributed by atoms with Crippen molar-refractivity contribution in [1.82, 2.24) is 0 Å². The molecule has 2 saturated carbocycles. The first-order valence-electron chi connectivity index (χ1n) is 33.5. The summed E-state index contributed by atoms with van der Waals surface area (Å²) < 4.78 is 19.3. The van der Waals surface area contributed by atoms with Gasteiger partial charge in [-0.3, -0.25) is 4.79 Å². The molecule has 2 aliphatic carbocycles. The first kappa shape index (κ1) is 74.3. The summed E-state index contributed by atoms with van der Waals surface area (Å²) in [5.74, 6) is 1.17. The zero-order valence-corrected chi connectivity index (χ0v) is 58.8. The highest BCUT2D eigenvalue weighted by molar-refractivity contribution is 7.94. The number of hydrogen-bond donors (Lipinski definition) is 5. The van der Waals surface area contributed by atoms with Gasteiger partial charge in [-0.2, -0.15) is 0 Å². The van der Waals surface area contributed by atoms with Crippen LogP contribution in [0.1, 0.15) is 155 Å². The van der Waals surface area contributed by atoms with Crippen LogP contribution in [0.3, 0.4) is 0 Å². The van der Waals surface area contributed by atoms with Crippen LogP contribution in [0.5, 0.6) is 0 Å². The number of ether oxygens (including phenoxy) is 1. The quantitative estimate of drug-likeness (QED) is 0.0133. The minimum atomic E-state index is -1.95. The fourth-order valence-electron chi connectivity index (χ4n) is 12.9. The summed E-state index contributed by atoms with van der Waals surface area (Å²) in [4.78, 5) is 21.5. The molecule has 5 aromatic carbocycles. The summed E-state index contributed by atoms with van der Waals surface area (Å²) in [6.45, 7) is 21.0. The van der Waals surface area contributed by atoms with E-state index in [9.17, 15) is 35.1 Å². The molecule has 0 radical (unpaired) electrons. The van der Waals surface area contributed by atoms with Crippen LogP contribution in [0.25, 0.3) is 0 Å². The van der Waals surface area contributed by atoms with Crippen LogP contribution in [0.15, 0.2) is 164 Å². The van der Waals surface area contributed by atoms with Gasteiger partial charge in [-0.15, -0.1) is 0 Å². The minimum Gasteiger partial charge on any atom is -0.550 e. The number of unbranched alkanes of at least 4 members (excludes halogenated alkanes) is 2. The van der Waals surface area contributed by atoms with Gasteiger partial charge < -0.3 is 49.0 Å². The molecule has 14 heteroatoms. The Hall–Kier alpha value is -4.77. The highest BCUT2D eigenvalue weighted by Gasteiger charge is 2.49. The third-order valence-corrected chi connectivity index (χ3v) is 33.2. The van der Waals surface area contributed by atoms with E-state index >= 15 is 0 Å². The van der Waals surface area contributed by atoms with Crippen molar-refractivity contribution < 1.29 is 53.8 Å². The van der Waals surface area contributed by atoms with E-state index in [1.54, 1.807) is 0 Å². The van der Waals surface area contributed by atoms with E-state index in [1.165, 1.54) is 27.0 Å². The summed E-state index contributed by atoms with van der Waals surface area (Å²) in [6.07, 6.45) is 15.4. The predicted octanol–water partition coefficient (Wildman–Crippen LogP) is 13.9. The molecule has 3 aliphatic rings. The van der Waals surface area contributed by atoms with Gasteiger partial charge in [0, 0.05) is 37.4 Å². The molecule has 1 unspecified atom stereocenters. The Balaban J connectivity index is 0.000000217. The summed E-state index contributed by atoms with van der Waals surface area (Å²) >= 11 is 0. The lowest BCUT2D eigenvalue weighted by Gasteiger charge is -2.40. The van der Waals surface area contributed by atoms with Gasteiger partial charge in [-0.05, 0) is 190 Å². The fraction of sp³-hybridized carbons (Fsp3) is 0.539. The van der Waals surface area contributed by atoms with Crippen molar-refractivity contribution >= 4 is 57.2 Å². The molecule has 5 N–H and O–H groups in total. The van der Waals surface area contributed by atoms with E-state index in [1.807, 2.05) is 30.3 Å². The Labute approximate surface area is 543 Å². The lowest BCUT2D eigenvalue weighted by molar-refractivity contribution is -0.305. The second-order valence-electron chi connectivity index (χ2n) is 28.6. The average molecular weight is 1290 g/mol. The molecule has 1 heterocycles. The van der Waals surface area contributed by atoms with Crippen molar-refractivity contribution in [2.24, 2.45) is 23.7 Å². The number of carboxylic acids is 2. The van der Waals surface area contributed by atoms with Crippen LogP contribution in [-0.2, 0) is 36.0 Å². The van der Waals surface area contributed by atoms with Crippen LogP contribution in [0.4, 0.5) is 0 Å². The second kappa shape index (κ2) is 35.5. The lowest BCUT2D eigenvalue weighted by Crippen LogP contribution is -2.44. The normalized spacial score (nSPS) is 22.6. The molecule has 0 amide bonds. The van der Waals surface area contributed by atoms with Crippen LogP contribution in [0, 0.1) is 23.7 Å². The van der Waals surface area contributed by atoms with Gasteiger partial charge in [0.05, 0.1) is 24.4 Å². The Morgan fingerprint density at radius 3 is 1.40 bits per heavy atom. The van der Waals surface area contributed by atoms with Gasteiger partial charge in [0.15, 0.2) is 22.9 Å². The number of benzene rings is 5. The van der Waals surface area contributed by atoms with Crippen LogP contribution < -0.4 is 21.0 Å². The average Bonchev–Trinajstić information content (AvgIpc) is 1.11. The van der Waals surface area contributed by atoms with Crippen molar-refractivity contribution in [2.45, 2.75) is 236 Å². The van der Waals surface area contributed by atoms with E-state index in [0.717, 1.165) is 64.2 Å². The zero-order chi connectivity index (χ0) is 65.5. The number of hydrogen-bond acceptors (Lipinski definition) is 10. The Kier molecular flexibility index (Phi) is 29.3. The highest BCUT2D eigenvalue weighted by Crippen LogP contribution is 2.47. The van der Waals surface area contributed by atoms with Crippen molar-refractivity contribution in [3.05, 3.63) is 175 Å². The van der Waals surface area contributed by atoms with Crippen molar-refractivity contribution in [1.29, 1.82) is 0 Å². The molecule has 3 fully saturated rings. The standard InChI is InChI=1S/C29H48O5Si.C24H40O4Si.C23H23O2P/c1-29(2,3)35(4,5)34-23(18-17-22-13-9-8-10-14-22)19-20-25-24(26(30)21-27(25)31)15-11-6-7-12-16-28(32)33;1-24(2,3)29(4,5)28-18(12-11-17-9-7-6-8-10-17)13-14-19-20-15-23(26)27-22(20)16-21(19)25;24-23(25)18-10-11-19-26(20-12-4-1-5-13-20,21-14-6-2-7-15-21)22-16-8-3-9-17-22/h6,8-11,13-14,23-27,30-31H,7,12,15-21H2,1-5H3,(H,32,33);6-10,18-23,25-26H,11-16H2,1-5H3;1-9,12-17,19H,10-11,18H2,(H,24,25)/p-1/b11-6-;;/t23-,24+,25+,26-,27+;18-,19+,20+,21+,22-,23?;/m00./s1. The Morgan fingerprint density at radius 2 is 0.967 bits per heavy atom. The molecule has 494 valence electrons. The lowest BCUT2D eigenvalue weighted by atomic mass is 9.85. The molecule has 5 aromatic rings. The van der Waals surface area contributed by atoms with Gasteiger partial charge >= 0.3 is 5.97 Å². The summed E-state index contributed by atoms with van der Waals surface area (Å²) in [5.41, 5.74) is 2.67. The van der Waals surface area contributed by atoms with Gasteiger partial charge in [0.2, 0.25) is 0 Å². The zero-order valence-electron chi connectivity index (χ0n) is 55.9. The first-order valence-corrected chi connectivity index (χ1v) is 41.2. The topological polar surface area (TPSA) is 186 Å². The minimum absolute atomic E-state index is 0.0223. The number of carboxylic acid groups (broad SMARTS) is 2. The summed E-state index contributed by atoms with van der Waals surface area (Å²) in [7, 11) is -3.80. The van der Waals surface area contributed by atoms with Crippen LogP contribution in [-0.4, -0.2) is 103 Å². The SMILES string of the molecule is CC(C)(C)[Si](C)(C)O[C@@H](CCc1ccccc1)CC[C@@H]1[C@@H](C/C=C\CCCC(=O)O)[C@@H](O)C[C@H]1O.CC(C)(C)[Si](C)(C)O[C@@H](CCc1ccccc1)CC[C@@H]1[C@H]2CC(O)O[C@H]2C[C@H]1O.O=C([O-])CCCC=P(c1ccccc1)(c1ccccc1)c1ccccc1. The number of aryl methyl sites for hydroxylation is 2. The number of rotatable bonds is 29. The number of carbonyl (C=O) groups excluding carboxylic acids is 1. The van der Waals surface area contributed by atoms with Crippen molar-refractivity contribution in [2.75, 3.05) is 0 Å². The van der Waals surface area contributed by atoms with Crippen LogP contribution in [0.2, 0.25) is 36.3 Å². The number of fused-ring (bicyclic) bond motifs is 1. The molecule has 0 aromatic heterocycles. The molecule has 11 atom stereocenters. The maximum absolute atomic E-state index is 10.8. The molecule has 0 spiro atoms. The second-order valence-corrected chi connectivity index (χ2v) is 41.4. The first-order chi connectivity index (χ1) is 42.7. The van der Waals surface area contributed by atoms with E-state index in [4.69, 9.17) is 18.7 Å². The molecule has 1 aliphatic heterocycles. The van der Waals surface area contributed by atoms with Crippen molar-refractivity contribution in [3.8, 4) is 0 Å². The maximum Gasteiger partial charge on any atom is 0.303 e. The van der Waals surface area contributed by atoms with Gasteiger partial charge in [0.25, 0.3) is 0 Å². The molecular weight excluding hydrogens is 1180 g/mol. The van der Waals surface area contributed by atoms with Gasteiger partial charge in [-0.1, -0.05) is 211 Å². The van der Waals surface area contributed by atoms with Gasteiger partial charge in [0.1, 0.15) is 0 Å². The summed E-state index contributed by atoms with van der Waals surface area (Å²) in [5, 5.41) is 65.5. The van der Waals surface area contributed by atoms with E-state index in [-0.39, 0.29) is 71.0 Å². The molecule has 1 saturated heterocycles. The number of allylic oxidation sites excluding steroid dienone is 2. The van der Waals surface area contributed by atoms with E-state index < -0.39 is 54.0 Å². The monoisotopic (exact) mass is 1290 g/mol. The third-order valence-electron chi connectivity index (χ3n) is 20.0. The smallest absolute Gasteiger partial charge is 0.303 e. The highest BCUT2D eigenvalue weighted by atomic mass is 31.2. The maximum atomic E-state index is 10.8. The number of aliphatic hydroxyl groups is 4. The van der Waals surface area contributed by atoms with E-state index in [2.05, 4.69) is 207 Å². The third kappa shape index (κ3) is 22.5. The largest absolute Gasteiger partial charge is 0.550 e. The number of aliphatic hydroxyl groups excluding tert-OH is 4. The van der Waals surface area contributed by atoms with Crippen molar-refractivity contribution in [3.63, 3.8) is 0 Å². The van der Waals surface area contributed by atoms with Gasteiger partial charge in [-0.25, -0.2) is 0 Å². The molecule has 90 heavy (non-hydrogen) atoms. The van der Waals surface area contributed by atoms with Crippen LogP contribution >= 0.6 is 6.89 Å². The molecule has 0 bridgehead atoms. The fourth-order valence-corrected chi connectivity index (χ4v) is 19.7. The predicted molar refractivity (Wildman–Crippen MR) is 374 cm³/mol. The van der Waals surface area contributed by atoms with E-state index in [0.29, 0.717) is 38.5 Å². The molecule has 8 rings (SSSR count). The molecular formula is C76H110O11PSi2-. The summed E-state index contributed by atoms with van der Waals surface area (Å²) in [6, 6.07) is 52.8. The Bertz CT molecular complexity index is 2850.